The Bertz CT molecular complexity index is 963. The average Bonchev–Trinajstić information content (AvgIpc) is 3.11. The van der Waals surface area contributed by atoms with E-state index in [9.17, 15) is 24.3 Å². The van der Waals surface area contributed by atoms with Gasteiger partial charge in [0, 0.05) is 5.69 Å². The minimum absolute atomic E-state index is 0.126. The first-order valence-electron chi connectivity index (χ1n) is 8.87. The van der Waals surface area contributed by atoms with Crippen LogP contribution in [0.5, 0.6) is 0 Å². The van der Waals surface area contributed by atoms with Gasteiger partial charge in [-0.15, -0.1) is 0 Å². The van der Waals surface area contributed by atoms with Gasteiger partial charge in [0.25, 0.3) is 5.91 Å². The number of rotatable bonds is 8. The molecular weight excluding hydrogens is 448 g/mol. The summed E-state index contributed by atoms with van der Waals surface area (Å²) in [6, 6.07) is 5.70. The lowest BCUT2D eigenvalue weighted by Crippen LogP contribution is -2.44. The molecule has 2 N–H and O–H groups in total. The quantitative estimate of drug-likeness (QED) is 0.439. The van der Waals surface area contributed by atoms with Crippen LogP contribution in [0.3, 0.4) is 0 Å². The van der Waals surface area contributed by atoms with Gasteiger partial charge in [-0.25, -0.2) is 4.79 Å². The summed E-state index contributed by atoms with van der Waals surface area (Å²) in [6.45, 7) is -0.489. The maximum Gasteiger partial charge on any atom is 0.326 e. The normalized spacial score (nSPS) is 20.8. The minimum Gasteiger partial charge on any atom is -0.480 e. The standard InChI is InChI=1S/C19H18N2O6S3/c1-29-7-6-13(18(26)27)21-17(25)14(30-19(21)28)8-11-10-4-2-3-5-12(10)20(16(11)24)9-15(22)23/h2-5,8,11,13H,6-7,9H2,1H3,(H,22,23)(H,26,27)/b14-8-. The van der Waals surface area contributed by atoms with Gasteiger partial charge >= 0.3 is 11.9 Å². The molecule has 2 atom stereocenters. The second-order valence-corrected chi connectivity index (χ2v) is 9.23. The Kier molecular flexibility index (Phi) is 6.84. The molecule has 2 aliphatic heterocycles. The fraction of sp³-hybridized carbons (Fsp3) is 0.316. The van der Waals surface area contributed by atoms with E-state index in [1.165, 1.54) is 17.8 Å². The summed E-state index contributed by atoms with van der Waals surface area (Å²) in [7, 11) is 0. The molecule has 1 aromatic carbocycles. The van der Waals surface area contributed by atoms with Gasteiger partial charge in [0.15, 0.2) is 0 Å². The lowest BCUT2D eigenvalue weighted by atomic mass is 10.00. The molecule has 2 unspecified atom stereocenters. The molecule has 2 heterocycles. The van der Waals surface area contributed by atoms with E-state index >= 15 is 0 Å². The third kappa shape index (κ3) is 4.23. The Morgan fingerprint density at radius 1 is 1.30 bits per heavy atom. The Hall–Kier alpha value is -2.37. The van der Waals surface area contributed by atoms with Gasteiger partial charge in [0.2, 0.25) is 5.91 Å². The highest BCUT2D eigenvalue weighted by Crippen LogP contribution is 2.41. The van der Waals surface area contributed by atoms with Crippen molar-refractivity contribution in [2.24, 2.45) is 0 Å². The van der Waals surface area contributed by atoms with Crippen LogP contribution in [0.15, 0.2) is 35.2 Å². The molecule has 2 amide bonds. The van der Waals surface area contributed by atoms with Crippen LogP contribution in [0.4, 0.5) is 5.69 Å². The van der Waals surface area contributed by atoms with Crippen LogP contribution in [0.1, 0.15) is 17.9 Å². The SMILES string of the molecule is CSCCC(C(=O)O)N1C(=O)/C(=C/C2C(=O)N(CC(=O)O)c3ccccc32)SC1=S. The number of carbonyl (C=O) groups is 4. The zero-order valence-corrected chi connectivity index (χ0v) is 18.3. The number of hydrogen-bond donors (Lipinski definition) is 2. The molecule has 1 aromatic rings. The molecule has 0 aromatic heterocycles. The highest BCUT2D eigenvalue weighted by Gasteiger charge is 2.43. The van der Waals surface area contributed by atoms with E-state index in [0.29, 0.717) is 17.0 Å². The fourth-order valence-corrected chi connectivity index (χ4v) is 5.21. The number of hydrogen-bond acceptors (Lipinski definition) is 7. The number of aliphatic carboxylic acids is 2. The second-order valence-electron chi connectivity index (χ2n) is 6.56. The fourth-order valence-electron chi connectivity index (χ4n) is 3.38. The number of carbonyl (C=O) groups excluding carboxylic acids is 2. The molecular formula is C19H18N2O6S3. The van der Waals surface area contributed by atoms with Gasteiger partial charge in [-0.1, -0.05) is 42.2 Å². The van der Waals surface area contributed by atoms with Crippen LogP contribution in [0, 0.1) is 0 Å². The predicted octanol–water partition coefficient (Wildman–Crippen LogP) is 2.15. The Morgan fingerprint density at radius 2 is 2.00 bits per heavy atom. The number of anilines is 1. The molecule has 0 spiro atoms. The topological polar surface area (TPSA) is 115 Å². The van der Waals surface area contributed by atoms with Crippen molar-refractivity contribution in [2.75, 3.05) is 23.5 Å². The molecule has 158 valence electrons. The number of thiocarbonyl (C=S) groups is 1. The summed E-state index contributed by atoms with van der Waals surface area (Å²) < 4.78 is 0.126. The summed E-state index contributed by atoms with van der Waals surface area (Å²) in [4.78, 5) is 51.1. The van der Waals surface area contributed by atoms with E-state index in [-0.39, 0.29) is 15.6 Å². The van der Waals surface area contributed by atoms with Crippen molar-refractivity contribution >= 4 is 69.5 Å². The molecule has 0 radical (unpaired) electrons. The summed E-state index contributed by atoms with van der Waals surface area (Å²) in [5, 5.41) is 18.7. The van der Waals surface area contributed by atoms with Crippen LogP contribution in [0.25, 0.3) is 0 Å². The summed E-state index contributed by atoms with van der Waals surface area (Å²) >= 11 is 7.67. The van der Waals surface area contributed by atoms with Crippen LogP contribution >= 0.6 is 35.7 Å². The molecule has 11 heteroatoms. The lowest BCUT2D eigenvalue weighted by molar-refractivity contribution is -0.145. The van der Waals surface area contributed by atoms with Crippen molar-refractivity contribution in [3.8, 4) is 0 Å². The largest absolute Gasteiger partial charge is 0.480 e. The van der Waals surface area contributed by atoms with E-state index in [1.54, 1.807) is 24.3 Å². The number of nitrogens with zero attached hydrogens (tertiary/aromatic N) is 2. The Morgan fingerprint density at radius 3 is 2.63 bits per heavy atom. The van der Waals surface area contributed by atoms with E-state index < -0.39 is 42.3 Å². The zero-order chi connectivity index (χ0) is 22.0. The van der Waals surface area contributed by atoms with Gasteiger partial charge in [0.05, 0.1) is 10.8 Å². The molecule has 0 bridgehead atoms. The van der Waals surface area contributed by atoms with Crippen LogP contribution in [-0.2, 0) is 19.2 Å². The molecule has 30 heavy (non-hydrogen) atoms. The van der Waals surface area contributed by atoms with Crippen LogP contribution in [-0.4, -0.2) is 67.8 Å². The maximum atomic E-state index is 13.0. The van der Waals surface area contributed by atoms with Crippen molar-refractivity contribution in [1.82, 2.24) is 4.90 Å². The number of thioether (sulfide) groups is 2. The van der Waals surface area contributed by atoms with Crippen LogP contribution in [0.2, 0.25) is 0 Å². The number of carboxylic acid groups (broad SMARTS) is 2. The van der Waals surface area contributed by atoms with E-state index in [4.69, 9.17) is 17.3 Å². The summed E-state index contributed by atoms with van der Waals surface area (Å²) in [6.07, 6.45) is 3.54. The van der Waals surface area contributed by atoms with Crippen LogP contribution < -0.4 is 4.90 Å². The Balaban J connectivity index is 1.92. The second kappa shape index (κ2) is 9.19. The average molecular weight is 467 g/mol. The molecule has 0 saturated carbocycles. The number of amides is 2. The highest BCUT2D eigenvalue weighted by atomic mass is 32.2. The third-order valence-electron chi connectivity index (χ3n) is 4.72. The maximum absolute atomic E-state index is 13.0. The minimum atomic E-state index is -1.15. The predicted molar refractivity (Wildman–Crippen MR) is 119 cm³/mol. The van der Waals surface area contributed by atoms with Gasteiger partial charge in [0.1, 0.15) is 16.9 Å². The van der Waals surface area contributed by atoms with Crippen molar-refractivity contribution < 1.29 is 29.4 Å². The molecule has 8 nitrogen and oxygen atoms in total. The number of carboxylic acids is 2. The lowest BCUT2D eigenvalue weighted by Gasteiger charge is -2.22. The van der Waals surface area contributed by atoms with Gasteiger partial charge in [-0.3, -0.25) is 19.3 Å². The zero-order valence-electron chi connectivity index (χ0n) is 15.8. The molecule has 3 rings (SSSR count). The van der Waals surface area contributed by atoms with Crippen molar-refractivity contribution in [2.45, 2.75) is 18.4 Å². The van der Waals surface area contributed by atoms with E-state index in [2.05, 4.69) is 0 Å². The molecule has 1 saturated heterocycles. The smallest absolute Gasteiger partial charge is 0.326 e. The number of fused-ring (bicyclic) bond motifs is 1. The third-order valence-corrected chi connectivity index (χ3v) is 6.71. The summed E-state index contributed by atoms with van der Waals surface area (Å²) in [5.74, 6) is -3.60. The number of benzene rings is 1. The Labute approximate surface area is 186 Å². The molecule has 1 fully saturated rings. The van der Waals surface area contributed by atoms with E-state index in [1.807, 2.05) is 6.26 Å². The van der Waals surface area contributed by atoms with E-state index in [0.717, 1.165) is 21.6 Å². The van der Waals surface area contributed by atoms with Gasteiger partial charge < -0.3 is 15.1 Å². The summed E-state index contributed by atoms with van der Waals surface area (Å²) in [5.41, 5.74) is 1.07. The molecule has 2 aliphatic rings. The van der Waals surface area contributed by atoms with Crippen molar-refractivity contribution in [1.29, 1.82) is 0 Å². The first-order chi connectivity index (χ1) is 14.3. The van der Waals surface area contributed by atoms with Gasteiger partial charge in [-0.05, 0) is 36.1 Å². The first-order valence-corrected chi connectivity index (χ1v) is 11.5. The first kappa shape index (κ1) is 22.3. The monoisotopic (exact) mass is 466 g/mol. The van der Waals surface area contributed by atoms with Crippen molar-refractivity contribution in [3.05, 3.63) is 40.8 Å². The van der Waals surface area contributed by atoms with Gasteiger partial charge in [-0.2, -0.15) is 11.8 Å². The number of para-hydroxylation sites is 1. The molecule has 0 aliphatic carbocycles. The van der Waals surface area contributed by atoms with Crippen molar-refractivity contribution in [3.63, 3.8) is 0 Å². The highest BCUT2D eigenvalue weighted by molar-refractivity contribution is 8.26.